The highest BCUT2D eigenvalue weighted by Gasteiger charge is 2.38. The predicted octanol–water partition coefficient (Wildman–Crippen LogP) is 6.26. The molecule has 226 valence electrons. The number of hydrogen-bond donors (Lipinski definition) is 1. The van der Waals surface area contributed by atoms with Gasteiger partial charge in [-0.25, -0.2) is 4.98 Å². The Balaban J connectivity index is 1.26. The second-order valence-corrected chi connectivity index (χ2v) is 13.4. The molecule has 3 aromatic carbocycles. The van der Waals surface area contributed by atoms with Gasteiger partial charge in [-0.3, -0.25) is 24.2 Å². The van der Waals surface area contributed by atoms with Gasteiger partial charge in [-0.15, -0.1) is 0 Å². The van der Waals surface area contributed by atoms with Crippen molar-refractivity contribution in [3.8, 4) is 6.07 Å². The largest absolute Gasteiger partial charge is 0.361 e. The number of carbonyl (C=O) groups is 1. The normalized spacial score (nSPS) is 23.4. The van der Waals surface area contributed by atoms with E-state index in [1.54, 1.807) is 35.3 Å². The number of rotatable bonds is 7. The van der Waals surface area contributed by atoms with Gasteiger partial charge in [-0.2, -0.15) is 10.4 Å². The number of nitriles is 1. The van der Waals surface area contributed by atoms with Crippen LogP contribution < -0.4 is 10.6 Å². The maximum absolute atomic E-state index is 13.8. The van der Waals surface area contributed by atoms with Gasteiger partial charge in [0, 0.05) is 29.6 Å². The molecule has 3 heterocycles. The monoisotopic (exact) mass is 630 g/mol. The molecule has 4 unspecified atom stereocenters. The van der Waals surface area contributed by atoms with E-state index in [4.69, 9.17) is 25.6 Å². The van der Waals surface area contributed by atoms with Crippen molar-refractivity contribution in [2.24, 2.45) is 11.0 Å². The third kappa shape index (κ3) is 5.76. The fourth-order valence-corrected chi connectivity index (χ4v) is 7.63. The van der Waals surface area contributed by atoms with Crippen molar-refractivity contribution in [1.82, 2.24) is 14.6 Å². The number of amides is 1. The molecule has 1 saturated heterocycles. The van der Waals surface area contributed by atoms with Gasteiger partial charge in [0.25, 0.3) is 5.91 Å². The number of hydrogen-bond acceptors (Lipinski definition) is 8. The Morgan fingerprint density at radius 1 is 1.18 bits per heavy atom. The number of fused-ring (bicyclic) bond motifs is 1. The zero-order valence-electron chi connectivity index (χ0n) is 24.6. The molecular weight excluding hydrogens is 599 g/mol. The van der Waals surface area contributed by atoms with Crippen LogP contribution in [-0.4, -0.2) is 45.4 Å². The first kappa shape index (κ1) is 30.0. The van der Waals surface area contributed by atoms with Gasteiger partial charge >= 0.3 is 7.60 Å². The number of halogens is 1. The molecule has 44 heavy (non-hydrogen) atoms. The van der Waals surface area contributed by atoms with E-state index in [0.29, 0.717) is 53.5 Å². The first-order valence-corrected chi connectivity index (χ1v) is 16.4. The summed E-state index contributed by atoms with van der Waals surface area (Å²) in [5, 5.41) is 19.8. The van der Waals surface area contributed by atoms with Crippen LogP contribution in [0.2, 0.25) is 5.02 Å². The van der Waals surface area contributed by atoms with Gasteiger partial charge < -0.3 is 9.09 Å². The standard InChI is InChI=1S/C32H32ClN6O4P/c1-4-39-30(20(2)21(3)37-39)31(40)36-32-35-27-16-23(18-34)10-13-28(27)38(32)19-22-8-11-26(12-9-22)44(41)42-15-14-29(43-44)24-6-5-7-25(33)17-24/h5-13,16-17,20,29-30H,4,14-15,19H2,1-3H3,(H,35,36,40). The van der Waals surface area contributed by atoms with Crippen LogP contribution in [0.3, 0.4) is 0 Å². The van der Waals surface area contributed by atoms with Crippen molar-refractivity contribution in [3.05, 3.63) is 88.4 Å². The summed E-state index contributed by atoms with van der Waals surface area (Å²) in [5.74, 6) is 0.121. The minimum atomic E-state index is -3.57. The third-order valence-corrected chi connectivity index (χ3v) is 10.4. The second kappa shape index (κ2) is 12.2. The van der Waals surface area contributed by atoms with Gasteiger partial charge in [0.2, 0.25) is 5.95 Å². The molecular formula is C32H32ClN6O4P. The molecule has 6 rings (SSSR count). The lowest BCUT2D eigenvalue weighted by Gasteiger charge is -2.30. The Bertz CT molecular complexity index is 1850. The Morgan fingerprint density at radius 3 is 2.70 bits per heavy atom. The van der Waals surface area contributed by atoms with Crippen LogP contribution >= 0.6 is 19.2 Å². The molecule has 2 aliphatic heterocycles. The van der Waals surface area contributed by atoms with Crippen LogP contribution in [0, 0.1) is 17.2 Å². The molecule has 0 spiro atoms. The van der Waals surface area contributed by atoms with Gasteiger partial charge in [0.1, 0.15) is 6.04 Å². The fourth-order valence-electron chi connectivity index (χ4n) is 5.68. The first-order chi connectivity index (χ1) is 21.2. The van der Waals surface area contributed by atoms with Gasteiger partial charge in [-0.1, -0.05) is 42.8 Å². The molecule has 10 nitrogen and oxygen atoms in total. The van der Waals surface area contributed by atoms with E-state index in [2.05, 4.69) is 16.5 Å². The van der Waals surface area contributed by atoms with Crippen molar-refractivity contribution in [2.45, 2.75) is 45.9 Å². The molecule has 0 radical (unpaired) electrons. The number of hydrazone groups is 1. The lowest BCUT2D eigenvalue weighted by atomic mass is 9.98. The molecule has 1 fully saturated rings. The summed E-state index contributed by atoms with van der Waals surface area (Å²) < 4.78 is 27.4. The zero-order chi connectivity index (χ0) is 31.0. The Morgan fingerprint density at radius 2 is 1.98 bits per heavy atom. The van der Waals surface area contributed by atoms with Crippen molar-refractivity contribution in [1.29, 1.82) is 5.26 Å². The van der Waals surface area contributed by atoms with Crippen molar-refractivity contribution in [3.63, 3.8) is 0 Å². The predicted molar refractivity (Wildman–Crippen MR) is 170 cm³/mol. The highest BCUT2D eigenvalue weighted by Crippen LogP contribution is 2.55. The fraction of sp³-hybridized carbons (Fsp3) is 0.312. The summed E-state index contributed by atoms with van der Waals surface area (Å²) in [6.07, 6.45) is 0.176. The third-order valence-electron chi connectivity index (χ3n) is 8.17. The highest BCUT2D eigenvalue weighted by atomic mass is 35.5. The van der Waals surface area contributed by atoms with Gasteiger partial charge in [-0.05, 0) is 67.4 Å². The number of anilines is 1. The Hall–Kier alpha value is -4.00. The summed E-state index contributed by atoms with van der Waals surface area (Å²) >= 11 is 6.17. The van der Waals surface area contributed by atoms with Crippen molar-refractivity contribution >= 4 is 53.1 Å². The maximum Gasteiger partial charge on any atom is 0.361 e. The number of aromatic nitrogens is 2. The molecule has 1 N–H and O–H groups in total. The molecule has 2 aliphatic rings. The summed E-state index contributed by atoms with van der Waals surface area (Å²) in [7, 11) is -3.57. The Kier molecular flexibility index (Phi) is 8.32. The lowest BCUT2D eigenvalue weighted by molar-refractivity contribution is -0.121. The topological polar surface area (TPSA) is 122 Å². The van der Waals surface area contributed by atoms with E-state index < -0.39 is 19.7 Å². The first-order valence-electron chi connectivity index (χ1n) is 14.5. The molecule has 0 aliphatic carbocycles. The minimum absolute atomic E-state index is 0.0454. The van der Waals surface area contributed by atoms with Crippen LogP contribution in [0.4, 0.5) is 5.95 Å². The number of imidazole rings is 1. The number of carbonyl (C=O) groups excluding carboxylic acids is 1. The van der Waals surface area contributed by atoms with E-state index in [9.17, 15) is 14.6 Å². The smallest absolute Gasteiger partial charge is 0.305 e. The molecule has 1 aromatic heterocycles. The van der Waals surface area contributed by atoms with Crippen LogP contribution in [0.25, 0.3) is 11.0 Å². The van der Waals surface area contributed by atoms with Gasteiger partial charge in [0.15, 0.2) is 0 Å². The quantitative estimate of drug-likeness (QED) is 0.239. The van der Waals surface area contributed by atoms with E-state index >= 15 is 0 Å². The lowest BCUT2D eigenvalue weighted by Crippen LogP contribution is -2.43. The maximum atomic E-state index is 13.8. The summed E-state index contributed by atoms with van der Waals surface area (Å²) in [6, 6.07) is 21.5. The molecule has 4 aromatic rings. The second-order valence-electron chi connectivity index (χ2n) is 11.0. The zero-order valence-corrected chi connectivity index (χ0v) is 26.3. The van der Waals surface area contributed by atoms with E-state index in [-0.39, 0.29) is 11.8 Å². The molecule has 1 amide bonds. The Labute approximate surface area is 260 Å². The molecule has 0 saturated carbocycles. The van der Waals surface area contributed by atoms with Crippen LogP contribution in [0.1, 0.15) is 50.0 Å². The molecule has 4 atom stereocenters. The number of nitrogens with one attached hydrogen (secondary N) is 1. The van der Waals surface area contributed by atoms with Crippen molar-refractivity contribution in [2.75, 3.05) is 18.5 Å². The SMILES string of the molecule is CCN1N=C(C)C(C)C1C(=O)Nc1nc2cc(C#N)ccc2n1Cc1ccc(P2(=O)OCCC(c3cccc(Cl)c3)O2)cc1. The summed E-state index contributed by atoms with van der Waals surface area (Å²) in [6.45, 7) is 7.15. The van der Waals surface area contributed by atoms with Gasteiger partial charge in [0.05, 0.1) is 47.2 Å². The number of likely N-dealkylation sites (N-methyl/N-ethyl adjacent to an activating group) is 1. The number of benzene rings is 3. The van der Waals surface area contributed by atoms with E-state index in [0.717, 1.165) is 22.4 Å². The average molecular weight is 631 g/mol. The van der Waals surface area contributed by atoms with Crippen molar-refractivity contribution < 1.29 is 18.4 Å². The summed E-state index contributed by atoms with van der Waals surface area (Å²) in [5.41, 5.74) is 4.47. The average Bonchev–Trinajstić information content (AvgIpc) is 3.51. The molecule has 12 heteroatoms. The van der Waals surface area contributed by atoms with Crippen LogP contribution in [0.5, 0.6) is 0 Å². The number of nitrogens with zero attached hydrogens (tertiary/aromatic N) is 5. The van der Waals surface area contributed by atoms with E-state index in [1.165, 1.54) is 0 Å². The minimum Gasteiger partial charge on any atom is -0.305 e. The highest BCUT2D eigenvalue weighted by molar-refractivity contribution is 7.62. The van der Waals surface area contributed by atoms with Crippen LogP contribution in [-0.2, 0) is 25.0 Å². The van der Waals surface area contributed by atoms with E-state index in [1.807, 2.05) is 61.7 Å². The van der Waals surface area contributed by atoms with Crippen LogP contribution in [0.15, 0.2) is 71.8 Å². The summed E-state index contributed by atoms with van der Waals surface area (Å²) in [4.78, 5) is 18.2. The molecule has 0 bridgehead atoms.